The Labute approximate surface area is 105 Å². The highest BCUT2D eigenvalue weighted by Crippen LogP contribution is 2.21. The Bertz CT molecular complexity index is 661. The maximum absolute atomic E-state index is 12.3. The van der Waals surface area contributed by atoms with Crippen LogP contribution < -0.4 is 5.56 Å². The second-order valence-corrected chi connectivity index (χ2v) is 5.76. The van der Waals surface area contributed by atoms with Crippen molar-refractivity contribution in [1.82, 2.24) is 14.6 Å². The second kappa shape index (κ2) is 3.68. The minimum Gasteiger partial charge on any atom is -0.376 e. The molecule has 0 aliphatic carbocycles. The van der Waals surface area contributed by atoms with Gasteiger partial charge in [0.2, 0.25) is 0 Å². The van der Waals surface area contributed by atoms with Crippen LogP contribution in [-0.4, -0.2) is 21.2 Å². The Morgan fingerprint density at radius 2 is 2.22 bits per heavy atom. The van der Waals surface area contributed by atoms with Gasteiger partial charge < -0.3 is 4.74 Å². The molecule has 96 valence electrons. The zero-order chi connectivity index (χ0) is 12.9. The molecule has 0 radical (unpaired) electrons. The summed E-state index contributed by atoms with van der Waals surface area (Å²) in [7, 11) is 0. The lowest BCUT2D eigenvalue weighted by molar-refractivity contribution is 0.108. The maximum Gasteiger partial charge on any atom is 0.278 e. The number of nitrogens with one attached hydrogen (secondary N) is 1. The fourth-order valence-electron chi connectivity index (χ4n) is 2.18. The zero-order valence-electron chi connectivity index (χ0n) is 10.9. The Morgan fingerprint density at radius 1 is 1.44 bits per heavy atom. The smallest absolute Gasteiger partial charge is 0.278 e. The van der Waals surface area contributed by atoms with Gasteiger partial charge in [-0.3, -0.25) is 9.89 Å². The minimum absolute atomic E-state index is 0.0306. The molecule has 0 amide bonds. The highest BCUT2D eigenvalue weighted by atomic mass is 16.5. The summed E-state index contributed by atoms with van der Waals surface area (Å²) < 4.78 is 6.85. The quantitative estimate of drug-likeness (QED) is 0.765. The SMILES string of the molecule is CC(C)(C)c1cc2nc3c(c(=O)n2[nH]1)COCC3. The number of ether oxygens (including phenoxy) is 1. The summed E-state index contributed by atoms with van der Waals surface area (Å²) in [5.41, 5.74) is 3.20. The molecule has 0 bridgehead atoms. The molecule has 0 saturated heterocycles. The van der Waals surface area contributed by atoms with Crippen molar-refractivity contribution in [2.75, 3.05) is 6.61 Å². The minimum atomic E-state index is -0.0369. The van der Waals surface area contributed by atoms with Gasteiger partial charge >= 0.3 is 0 Å². The normalized spacial score (nSPS) is 15.9. The molecule has 0 fully saturated rings. The largest absolute Gasteiger partial charge is 0.376 e. The van der Waals surface area contributed by atoms with Crippen molar-refractivity contribution >= 4 is 5.65 Å². The van der Waals surface area contributed by atoms with Crippen LogP contribution in [0.4, 0.5) is 0 Å². The highest BCUT2D eigenvalue weighted by molar-refractivity contribution is 5.43. The predicted octanol–water partition coefficient (Wildman–Crippen LogP) is 1.39. The van der Waals surface area contributed by atoms with Crippen molar-refractivity contribution in [2.45, 2.75) is 39.2 Å². The molecule has 0 spiro atoms. The van der Waals surface area contributed by atoms with E-state index >= 15 is 0 Å². The van der Waals surface area contributed by atoms with Crippen molar-refractivity contribution in [3.63, 3.8) is 0 Å². The number of hydrogen-bond acceptors (Lipinski definition) is 3. The second-order valence-electron chi connectivity index (χ2n) is 5.76. The molecule has 1 aliphatic heterocycles. The lowest BCUT2D eigenvalue weighted by Gasteiger charge is -2.15. The monoisotopic (exact) mass is 247 g/mol. The van der Waals surface area contributed by atoms with Crippen molar-refractivity contribution in [2.24, 2.45) is 0 Å². The molecule has 2 aromatic heterocycles. The molecule has 3 heterocycles. The summed E-state index contributed by atoms with van der Waals surface area (Å²) in [4.78, 5) is 16.9. The summed E-state index contributed by atoms with van der Waals surface area (Å²) in [5, 5.41) is 3.14. The standard InChI is InChI=1S/C13H17N3O2/c1-13(2,3)10-6-11-14-9-4-5-18-7-8(9)12(17)16(11)15-10/h6,15H,4-5,7H2,1-3H3. The third kappa shape index (κ3) is 1.66. The van der Waals surface area contributed by atoms with E-state index in [0.29, 0.717) is 24.4 Å². The van der Waals surface area contributed by atoms with Crippen molar-refractivity contribution in [3.8, 4) is 0 Å². The van der Waals surface area contributed by atoms with Gasteiger partial charge in [0.05, 0.1) is 24.5 Å². The number of nitrogens with zero attached hydrogens (tertiary/aromatic N) is 2. The van der Waals surface area contributed by atoms with Gasteiger partial charge in [0, 0.05) is 23.6 Å². The topological polar surface area (TPSA) is 59.4 Å². The molecule has 0 saturated carbocycles. The van der Waals surface area contributed by atoms with E-state index in [2.05, 4.69) is 30.9 Å². The van der Waals surface area contributed by atoms with Crippen LogP contribution >= 0.6 is 0 Å². The van der Waals surface area contributed by atoms with E-state index in [1.807, 2.05) is 6.07 Å². The molecule has 5 nitrogen and oxygen atoms in total. The summed E-state index contributed by atoms with van der Waals surface area (Å²) in [6.45, 7) is 7.32. The van der Waals surface area contributed by atoms with E-state index in [9.17, 15) is 4.79 Å². The Balaban J connectivity index is 2.28. The molecular weight excluding hydrogens is 230 g/mol. The van der Waals surface area contributed by atoms with E-state index in [4.69, 9.17) is 4.74 Å². The van der Waals surface area contributed by atoms with Gasteiger partial charge in [-0.1, -0.05) is 20.8 Å². The van der Waals surface area contributed by atoms with Crippen LogP contribution in [0.3, 0.4) is 0 Å². The first-order chi connectivity index (χ1) is 8.47. The van der Waals surface area contributed by atoms with Gasteiger partial charge in [0.25, 0.3) is 5.56 Å². The molecule has 5 heteroatoms. The fourth-order valence-corrected chi connectivity index (χ4v) is 2.18. The Morgan fingerprint density at radius 3 is 2.94 bits per heavy atom. The van der Waals surface area contributed by atoms with Crippen LogP contribution in [0.2, 0.25) is 0 Å². The van der Waals surface area contributed by atoms with E-state index in [1.54, 1.807) is 0 Å². The van der Waals surface area contributed by atoms with E-state index in [1.165, 1.54) is 4.52 Å². The molecule has 1 aliphatic rings. The van der Waals surface area contributed by atoms with Crippen LogP contribution in [0.5, 0.6) is 0 Å². The van der Waals surface area contributed by atoms with Gasteiger partial charge in [-0.05, 0) is 0 Å². The molecule has 3 rings (SSSR count). The first-order valence-corrected chi connectivity index (χ1v) is 6.18. The third-order valence-corrected chi connectivity index (χ3v) is 3.33. The number of hydrogen-bond donors (Lipinski definition) is 1. The number of fused-ring (bicyclic) bond motifs is 2. The van der Waals surface area contributed by atoms with Crippen molar-refractivity contribution < 1.29 is 4.74 Å². The highest BCUT2D eigenvalue weighted by Gasteiger charge is 2.21. The van der Waals surface area contributed by atoms with Gasteiger partial charge in [-0.2, -0.15) is 0 Å². The predicted molar refractivity (Wildman–Crippen MR) is 67.9 cm³/mol. The van der Waals surface area contributed by atoms with Gasteiger partial charge in [0.1, 0.15) is 0 Å². The first kappa shape index (κ1) is 11.5. The summed E-state index contributed by atoms with van der Waals surface area (Å²) in [6.07, 6.45) is 0.719. The number of H-pyrrole nitrogens is 1. The summed E-state index contributed by atoms with van der Waals surface area (Å²) in [5.74, 6) is 0. The number of aromatic nitrogens is 3. The first-order valence-electron chi connectivity index (χ1n) is 6.18. The lowest BCUT2D eigenvalue weighted by atomic mass is 9.93. The Hall–Kier alpha value is -1.62. The van der Waals surface area contributed by atoms with Gasteiger partial charge in [-0.25, -0.2) is 9.50 Å². The molecule has 18 heavy (non-hydrogen) atoms. The maximum atomic E-state index is 12.3. The summed E-state index contributed by atoms with van der Waals surface area (Å²) >= 11 is 0. The van der Waals surface area contributed by atoms with Crippen LogP contribution in [-0.2, 0) is 23.2 Å². The zero-order valence-corrected chi connectivity index (χ0v) is 10.9. The van der Waals surface area contributed by atoms with Crippen LogP contribution in [0.25, 0.3) is 5.65 Å². The van der Waals surface area contributed by atoms with Crippen molar-refractivity contribution in [3.05, 3.63) is 33.4 Å². The van der Waals surface area contributed by atoms with Gasteiger partial charge in [-0.15, -0.1) is 0 Å². The number of rotatable bonds is 0. The van der Waals surface area contributed by atoms with E-state index in [0.717, 1.165) is 17.8 Å². The van der Waals surface area contributed by atoms with Crippen LogP contribution in [0, 0.1) is 0 Å². The molecule has 0 atom stereocenters. The number of aromatic amines is 1. The molecular formula is C13H17N3O2. The van der Waals surface area contributed by atoms with Crippen LogP contribution in [0.15, 0.2) is 10.9 Å². The summed E-state index contributed by atoms with van der Waals surface area (Å²) in [6, 6.07) is 1.96. The molecule has 0 unspecified atom stereocenters. The average molecular weight is 247 g/mol. The van der Waals surface area contributed by atoms with Crippen molar-refractivity contribution in [1.29, 1.82) is 0 Å². The third-order valence-electron chi connectivity index (χ3n) is 3.33. The van der Waals surface area contributed by atoms with Gasteiger partial charge in [0.15, 0.2) is 5.65 Å². The fraction of sp³-hybridized carbons (Fsp3) is 0.538. The van der Waals surface area contributed by atoms with E-state index < -0.39 is 0 Å². The molecule has 0 aromatic carbocycles. The van der Waals surface area contributed by atoms with E-state index in [-0.39, 0.29) is 11.0 Å². The lowest BCUT2D eigenvalue weighted by Crippen LogP contribution is -2.27. The molecule has 1 N–H and O–H groups in total. The van der Waals surface area contributed by atoms with Crippen LogP contribution in [0.1, 0.15) is 37.7 Å². The average Bonchev–Trinajstić information content (AvgIpc) is 2.73. The Kier molecular flexibility index (Phi) is 2.35. The molecule has 2 aromatic rings.